The van der Waals surface area contributed by atoms with E-state index in [0.29, 0.717) is 18.2 Å². The number of hydrogen-bond donors (Lipinski definition) is 2. The molecule has 0 unspecified atom stereocenters. The van der Waals surface area contributed by atoms with Crippen LogP contribution in [0.15, 0.2) is 42.5 Å². The first-order valence-corrected chi connectivity index (χ1v) is 9.77. The number of rotatable bonds is 6. The minimum atomic E-state index is 0. The van der Waals surface area contributed by atoms with Gasteiger partial charge in [0, 0.05) is 24.1 Å². The van der Waals surface area contributed by atoms with Crippen LogP contribution in [-0.2, 0) is 11.3 Å². The number of methoxy groups -OCH3 is 1. The van der Waals surface area contributed by atoms with Crippen LogP contribution < -0.4 is 15.4 Å². The van der Waals surface area contributed by atoms with Gasteiger partial charge in [-0.2, -0.15) is 5.26 Å². The zero-order valence-corrected chi connectivity index (χ0v) is 17.7. The zero-order chi connectivity index (χ0) is 19.9. The molecule has 1 amide bonds. The standard InChI is InChI=1S/C23H27N3O2.ClH/c1-25-20-10-8-19(9-11-20)23(27)26-15-17-5-12-22(28-2)21(13-17)18-6-3-16(14-24)4-7-18;/h3-7,12-13,19-20,25H,8-11,15H2,1-2H3,(H,26,27);1H. The van der Waals surface area contributed by atoms with Gasteiger partial charge in [0.15, 0.2) is 0 Å². The molecule has 154 valence electrons. The van der Waals surface area contributed by atoms with E-state index in [0.717, 1.165) is 48.1 Å². The number of nitrogens with zero attached hydrogens (tertiary/aromatic N) is 1. The number of amides is 1. The first-order valence-electron chi connectivity index (χ1n) is 9.77. The van der Waals surface area contributed by atoms with Crippen molar-refractivity contribution in [2.45, 2.75) is 38.3 Å². The minimum Gasteiger partial charge on any atom is -0.496 e. The molecule has 1 aliphatic carbocycles. The van der Waals surface area contributed by atoms with Gasteiger partial charge in [0.1, 0.15) is 5.75 Å². The van der Waals surface area contributed by atoms with Gasteiger partial charge in [-0.1, -0.05) is 18.2 Å². The second kappa shape index (κ2) is 10.8. The van der Waals surface area contributed by atoms with Gasteiger partial charge in [-0.3, -0.25) is 4.79 Å². The maximum atomic E-state index is 12.5. The predicted octanol–water partition coefficient (Wildman–Crippen LogP) is 4.05. The Morgan fingerprint density at radius 3 is 2.41 bits per heavy atom. The van der Waals surface area contributed by atoms with Crippen molar-refractivity contribution >= 4 is 18.3 Å². The second-order valence-electron chi connectivity index (χ2n) is 7.28. The van der Waals surface area contributed by atoms with Gasteiger partial charge in [0.2, 0.25) is 5.91 Å². The molecule has 0 heterocycles. The fraction of sp³-hybridized carbons (Fsp3) is 0.391. The molecular weight excluding hydrogens is 386 g/mol. The van der Waals surface area contributed by atoms with Crippen LogP contribution >= 0.6 is 12.4 Å². The van der Waals surface area contributed by atoms with E-state index < -0.39 is 0 Å². The highest BCUT2D eigenvalue weighted by atomic mass is 35.5. The van der Waals surface area contributed by atoms with Crippen molar-refractivity contribution in [3.05, 3.63) is 53.6 Å². The Hall–Kier alpha value is -2.55. The highest BCUT2D eigenvalue weighted by Crippen LogP contribution is 2.31. The molecule has 0 atom stereocenters. The Balaban J connectivity index is 0.00000300. The second-order valence-corrected chi connectivity index (χ2v) is 7.28. The monoisotopic (exact) mass is 413 g/mol. The third-order valence-electron chi connectivity index (χ3n) is 5.56. The SMILES string of the molecule is CNC1CCC(C(=O)NCc2ccc(OC)c(-c3ccc(C#N)cc3)c2)CC1.Cl. The fourth-order valence-corrected chi connectivity index (χ4v) is 3.79. The van der Waals surface area contributed by atoms with E-state index in [4.69, 9.17) is 10.00 Å². The first-order chi connectivity index (χ1) is 13.6. The summed E-state index contributed by atoms with van der Waals surface area (Å²) in [5.74, 6) is 1.02. The smallest absolute Gasteiger partial charge is 0.223 e. The number of carbonyl (C=O) groups is 1. The Bertz CT molecular complexity index is 853. The van der Waals surface area contributed by atoms with Crippen molar-refractivity contribution in [1.82, 2.24) is 10.6 Å². The molecule has 0 radical (unpaired) electrons. The number of ether oxygens (including phenoxy) is 1. The molecule has 1 fully saturated rings. The van der Waals surface area contributed by atoms with Crippen molar-refractivity contribution in [2.24, 2.45) is 5.92 Å². The Kier molecular flexibility index (Phi) is 8.50. The highest BCUT2D eigenvalue weighted by molar-refractivity contribution is 5.85. The topological polar surface area (TPSA) is 74.2 Å². The number of benzene rings is 2. The number of halogens is 1. The lowest BCUT2D eigenvalue weighted by Gasteiger charge is -2.27. The molecule has 6 heteroatoms. The molecule has 3 rings (SSSR count). The molecule has 0 saturated heterocycles. The van der Waals surface area contributed by atoms with E-state index in [1.54, 1.807) is 19.2 Å². The van der Waals surface area contributed by atoms with Gasteiger partial charge < -0.3 is 15.4 Å². The lowest BCUT2D eigenvalue weighted by atomic mass is 9.85. The molecule has 0 bridgehead atoms. The van der Waals surface area contributed by atoms with Crippen LogP contribution in [0.3, 0.4) is 0 Å². The number of nitriles is 1. The highest BCUT2D eigenvalue weighted by Gasteiger charge is 2.25. The lowest BCUT2D eigenvalue weighted by Crippen LogP contribution is -2.37. The predicted molar refractivity (Wildman–Crippen MR) is 117 cm³/mol. The summed E-state index contributed by atoms with van der Waals surface area (Å²) < 4.78 is 5.49. The van der Waals surface area contributed by atoms with E-state index >= 15 is 0 Å². The van der Waals surface area contributed by atoms with Gasteiger partial charge in [-0.25, -0.2) is 0 Å². The van der Waals surface area contributed by atoms with Gasteiger partial charge >= 0.3 is 0 Å². The van der Waals surface area contributed by atoms with Crippen LogP contribution in [0, 0.1) is 17.2 Å². The summed E-state index contributed by atoms with van der Waals surface area (Å²) in [6.07, 6.45) is 3.99. The maximum absolute atomic E-state index is 12.5. The molecule has 2 aromatic rings. The molecular formula is C23H28ClN3O2. The lowest BCUT2D eigenvalue weighted by molar-refractivity contribution is -0.126. The van der Waals surface area contributed by atoms with Crippen LogP contribution in [0.1, 0.15) is 36.8 Å². The fourth-order valence-electron chi connectivity index (χ4n) is 3.79. The Morgan fingerprint density at radius 2 is 1.83 bits per heavy atom. The van der Waals surface area contributed by atoms with E-state index in [2.05, 4.69) is 16.7 Å². The quantitative estimate of drug-likeness (QED) is 0.749. The van der Waals surface area contributed by atoms with Crippen molar-refractivity contribution < 1.29 is 9.53 Å². The molecule has 0 aromatic heterocycles. The van der Waals surface area contributed by atoms with Gasteiger partial charge in [-0.15, -0.1) is 12.4 Å². The third-order valence-corrected chi connectivity index (χ3v) is 5.56. The average molecular weight is 414 g/mol. The van der Waals surface area contributed by atoms with Crippen molar-refractivity contribution in [3.8, 4) is 22.9 Å². The largest absolute Gasteiger partial charge is 0.496 e. The molecule has 5 nitrogen and oxygen atoms in total. The summed E-state index contributed by atoms with van der Waals surface area (Å²) in [6, 6.07) is 16.0. The van der Waals surface area contributed by atoms with Crippen molar-refractivity contribution in [3.63, 3.8) is 0 Å². The number of hydrogen-bond acceptors (Lipinski definition) is 4. The maximum Gasteiger partial charge on any atom is 0.223 e. The van der Waals surface area contributed by atoms with E-state index in [1.807, 2.05) is 37.4 Å². The summed E-state index contributed by atoms with van der Waals surface area (Å²) >= 11 is 0. The first kappa shape index (κ1) is 22.7. The zero-order valence-electron chi connectivity index (χ0n) is 16.9. The Morgan fingerprint density at radius 1 is 1.14 bits per heavy atom. The molecule has 2 aromatic carbocycles. The summed E-state index contributed by atoms with van der Waals surface area (Å²) in [4.78, 5) is 12.5. The number of nitrogens with one attached hydrogen (secondary N) is 2. The molecule has 2 N–H and O–H groups in total. The van der Waals surface area contributed by atoms with Crippen LogP contribution in [0.4, 0.5) is 0 Å². The van der Waals surface area contributed by atoms with E-state index in [-0.39, 0.29) is 24.2 Å². The molecule has 0 aliphatic heterocycles. The number of carbonyl (C=O) groups excluding carboxylic acids is 1. The van der Waals surface area contributed by atoms with Gasteiger partial charge in [0.25, 0.3) is 0 Å². The average Bonchev–Trinajstić information content (AvgIpc) is 2.77. The molecule has 0 spiro atoms. The van der Waals surface area contributed by atoms with Crippen LogP contribution in [0.2, 0.25) is 0 Å². The van der Waals surface area contributed by atoms with Crippen LogP contribution in [-0.4, -0.2) is 26.1 Å². The van der Waals surface area contributed by atoms with E-state index in [9.17, 15) is 4.79 Å². The molecule has 1 saturated carbocycles. The van der Waals surface area contributed by atoms with Crippen LogP contribution in [0.5, 0.6) is 5.75 Å². The van der Waals surface area contributed by atoms with E-state index in [1.165, 1.54) is 0 Å². The van der Waals surface area contributed by atoms with Gasteiger partial charge in [-0.05, 0) is 68.1 Å². The minimum absolute atomic E-state index is 0. The summed E-state index contributed by atoms with van der Waals surface area (Å²) in [6.45, 7) is 0.498. The summed E-state index contributed by atoms with van der Waals surface area (Å²) in [7, 11) is 3.63. The molecule has 1 aliphatic rings. The summed E-state index contributed by atoms with van der Waals surface area (Å²) in [5.41, 5.74) is 3.58. The van der Waals surface area contributed by atoms with Crippen molar-refractivity contribution in [1.29, 1.82) is 5.26 Å². The van der Waals surface area contributed by atoms with Gasteiger partial charge in [0.05, 0.1) is 18.7 Å². The molecule has 29 heavy (non-hydrogen) atoms. The summed E-state index contributed by atoms with van der Waals surface area (Å²) in [5, 5.41) is 15.4. The Labute approximate surface area is 178 Å². The normalized spacial score (nSPS) is 18.2. The van der Waals surface area contributed by atoms with Crippen LogP contribution in [0.25, 0.3) is 11.1 Å². The third kappa shape index (κ3) is 5.72. The van der Waals surface area contributed by atoms with Crippen molar-refractivity contribution in [2.75, 3.05) is 14.2 Å².